The molecule has 0 atom stereocenters. The molecule has 0 amide bonds. The SMILES string of the molecule is FC(F)(F)c1ccccc1COc1nccc(N2CCNCC2)n1. The number of ether oxygens (including phenoxy) is 1. The van der Waals surface area contributed by atoms with Crippen molar-refractivity contribution >= 4 is 5.82 Å². The van der Waals surface area contributed by atoms with Crippen molar-refractivity contribution in [3.05, 3.63) is 47.7 Å². The van der Waals surface area contributed by atoms with E-state index in [9.17, 15) is 13.2 Å². The van der Waals surface area contributed by atoms with Crippen molar-refractivity contribution in [2.24, 2.45) is 0 Å². The third-order valence-corrected chi connectivity index (χ3v) is 3.74. The number of rotatable bonds is 4. The highest BCUT2D eigenvalue weighted by molar-refractivity contribution is 5.39. The van der Waals surface area contributed by atoms with Crippen molar-refractivity contribution in [3.63, 3.8) is 0 Å². The van der Waals surface area contributed by atoms with Crippen LogP contribution in [0.15, 0.2) is 36.5 Å². The number of piperazine rings is 1. The van der Waals surface area contributed by atoms with E-state index in [2.05, 4.69) is 20.2 Å². The Balaban J connectivity index is 1.71. The molecule has 0 radical (unpaired) electrons. The van der Waals surface area contributed by atoms with E-state index in [1.54, 1.807) is 18.3 Å². The van der Waals surface area contributed by atoms with Crippen LogP contribution in [0.3, 0.4) is 0 Å². The highest BCUT2D eigenvalue weighted by Crippen LogP contribution is 2.32. The van der Waals surface area contributed by atoms with Gasteiger partial charge in [0.25, 0.3) is 0 Å². The number of nitrogens with zero attached hydrogens (tertiary/aromatic N) is 3. The van der Waals surface area contributed by atoms with Gasteiger partial charge in [-0.3, -0.25) is 0 Å². The third kappa shape index (κ3) is 3.94. The van der Waals surface area contributed by atoms with Gasteiger partial charge in [-0.15, -0.1) is 0 Å². The maximum absolute atomic E-state index is 13.0. The maximum atomic E-state index is 13.0. The number of halogens is 3. The van der Waals surface area contributed by atoms with Crippen LogP contribution in [-0.2, 0) is 12.8 Å². The summed E-state index contributed by atoms with van der Waals surface area (Å²) in [7, 11) is 0. The number of anilines is 1. The molecule has 1 aliphatic heterocycles. The van der Waals surface area contributed by atoms with Gasteiger partial charge in [-0.1, -0.05) is 18.2 Å². The van der Waals surface area contributed by atoms with Crippen LogP contribution in [0.1, 0.15) is 11.1 Å². The molecule has 8 heteroatoms. The summed E-state index contributed by atoms with van der Waals surface area (Å²) in [6.45, 7) is 3.11. The first-order valence-corrected chi connectivity index (χ1v) is 7.60. The Bertz CT molecular complexity index is 687. The van der Waals surface area contributed by atoms with Gasteiger partial charge in [0.05, 0.1) is 5.56 Å². The Kier molecular flexibility index (Phi) is 4.84. The van der Waals surface area contributed by atoms with Crippen molar-refractivity contribution in [2.75, 3.05) is 31.1 Å². The van der Waals surface area contributed by atoms with E-state index in [1.807, 2.05) is 0 Å². The van der Waals surface area contributed by atoms with Crippen molar-refractivity contribution in [2.45, 2.75) is 12.8 Å². The highest BCUT2D eigenvalue weighted by atomic mass is 19.4. The zero-order valence-electron chi connectivity index (χ0n) is 12.9. The van der Waals surface area contributed by atoms with Gasteiger partial charge in [0.1, 0.15) is 12.4 Å². The van der Waals surface area contributed by atoms with Crippen molar-refractivity contribution in [3.8, 4) is 6.01 Å². The van der Waals surface area contributed by atoms with Gasteiger partial charge in [0.2, 0.25) is 0 Å². The monoisotopic (exact) mass is 338 g/mol. The lowest BCUT2D eigenvalue weighted by Crippen LogP contribution is -2.43. The summed E-state index contributed by atoms with van der Waals surface area (Å²) < 4.78 is 44.3. The van der Waals surface area contributed by atoms with E-state index in [0.29, 0.717) is 5.82 Å². The van der Waals surface area contributed by atoms with Gasteiger partial charge >= 0.3 is 12.2 Å². The van der Waals surface area contributed by atoms with Crippen LogP contribution in [0, 0.1) is 0 Å². The molecule has 1 aliphatic rings. The molecule has 1 fully saturated rings. The number of hydrogen-bond acceptors (Lipinski definition) is 5. The molecular weight excluding hydrogens is 321 g/mol. The Morgan fingerprint density at radius 2 is 1.88 bits per heavy atom. The third-order valence-electron chi connectivity index (χ3n) is 3.74. The molecule has 24 heavy (non-hydrogen) atoms. The first-order valence-electron chi connectivity index (χ1n) is 7.60. The predicted molar refractivity (Wildman–Crippen MR) is 82.9 cm³/mol. The summed E-state index contributed by atoms with van der Waals surface area (Å²) in [6.07, 6.45) is -2.86. The van der Waals surface area contributed by atoms with Crippen LogP contribution in [0.25, 0.3) is 0 Å². The van der Waals surface area contributed by atoms with E-state index in [-0.39, 0.29) is 18.2 Å². The fraction of sp³-hybridized carbons (Fsp3) is 0.375. The largest absolute Gasteiger partial charge is 0.459 e. The van der Waals surface area contributed by atoms with Crippen LogP contribution in [0.4, 0.5) is 19.0 Å². The summed E-state index contributed by atoms with van der Waals surface area (Å²) in [5.74, 6) is 0.714. The topological polar surface area (TPSA) is 50.3 Å². The number of nitrogens with one attached hydrogen (secondary N) is 1. The minimum absolute atomic E-state index is 0.0566. The quantitative estimate of drug-likeness (QED) is 0.928. The zero-order chi connectivity index (χ0) is 17.0. The second-order valence-corrected chi connectivity index (χ2v) is 5.38. The molecular formula is C16H17F3N4O. The fourth-order valence-electron chi connectivity index (χ4n) is 2.54. The number of hydrogen-bond donors (Lipinski definition) is 1. The van der Waals surface area contributed by atoms with E-state index in [4.69, 9.17) is 4.74 Å². The number of aromatic nitrogens is 2. The number of benzene rings is 1. The molecule has 0 aliphatic carbocycles. The molecule has 2 aromatic rings. The smallest absolute Gasteiger partial charge is 0.416 e. The van der Waals surface area contributed by atoms with Crippen LogP contribution in [0.5, 0.6) is 6.01 Å². The molecule has 0 saturated carbocycles. The summed E-state index contributed by atoms with van der Waals surface area (Å²) in [6, 6.07) is 7.17. The first-order chi connectivity index (χ1) is 11.5. The van der Waals surface area contributed by atoms with Crippen LogP contribution in [-0.4, -0.2) is 36.1 Å². The van der Waals surface area contributed by atoms with Crippen LogP contribution in [0.2, 0.25) is 0 Å². The van der Waals surface area contributed by atoms with E-state index in [0.717, 1.165) is 32.2 Å². The molecule has 0 spiro atoms. The Hall–Kier alpha value is -2.35. The summed E-state index contributed by atoms with van der Waals surface area (Å²) in [5, 5.41) is 3.24. The van der Waals surface area contributed by atoms with Gasteiger partial charge in [0.15, 0.2) is 0 Å². The van der Waals surface area contributed by atoms with E-state index >= 15 is 0 Å². The Morgan fingerprint density at radius 1 is 1.12 bits per heavy atom. The average molecular weight is 338 g/mol. The molecule has 3 rings (SSSR count). The minimum Gasteiger partial charge on any atom is -0.459 e. The molecule has 1 aromatic heterocycles. The van der Waals surface area contributed by atoms with Gasteiger partial charge < -0.3 is 15.0 Å². The van der Waals surface area contributed by atoms with Crippen molar-refractivity contribution in [1.29, 1.82) is 0 Å². The molecule has 1 N–H and O–H groups in total. The first kappa shape index (κ1) is 16.5. The highest BCUT2D eigenvalue weighted by Gasteiger charge is 2.33. The second-order valence-electron chi connectivity index (χ2n) is 5.38. The fourth-order valence-corrected chi connectivity index (χ4v) is 2.54. The zero-order valence-corrected chi connectivity index (χ0v) is 12.9. The van der Waals surface area contributed by atoms with E-state index < -0.39 is 11.7 Å². The van der Waals surface area contributed by atoms with Crippen molar-refractivity contribution in [1.82, 2.24) is 15.3 Å². The van der Waals surface area contributed by atoms with Gasteiger partial charge in [-0.05, 0) is 12.1 Å². The molecule has 1 saturated heterocycles. The maximum Gasteiger partial charge on any atom is 0.416 e. The normalized spacial score (nSPS) is 15.4. The molecule has 1 aromatic carbocycles. The van der Waals surface area contributed by atoms with Gasteiger partial charge in [-0.2, -0.15) is 18.2 Å². The number of alkyl halides is 3. The Labute approximate surface area is 137 Å². The Morgan fingerprint density at radius 3 is 2.62 bits per heavy atom. The minimum atomic E-state index is -4.41. The van der Waals surface area contributed by atoms with Crippen LogP contribution >= 0.6 is 0 Å². The van der Waals surface area contributed by atoms with E-state index in [1.165, 1.54) is 12.1 Å². The lowest BCUT2D eigenvalue weighted by molar-refractivity contribution is -0.138. The molecule has 5 nitrogen and oxygen atoms in total. The molecule has 0 bridgehead atoms. The molecule has 2 heterocycles. The second kappa shape index (κ2) is 7.04. The van der Waals surface area contributed by atoms with Gasteiger partial charge in [0, 0.05) is 37.9 Å². The molecule has 0 unspecified atom stereocenters. The summed E-state index contributed by atoms with van der Waals surface area (Å²) in [5.41, 5.74) is -0.649. The van der Waals surface area contributed by atoms with Gasteiger partial charge in [-0.25, -0.2) is 4.98 Å². The molecule has 128 valence electrons. The van der Waals surface area contributed by atoms with Crippen molar-refractivity contribution < 1.29 is 17.9 Å². The predicted octanol–water partition coefficient (Wildman–Crippen LogP) is 2.48. The summed E-state index contributed by atoms with van der Waals surface area (Å²) in [4.78, 5) is 10.3. The summed E-state index contributed by atoms with van der Waals surface area (Å²) >= 11 is 0. The average Bonchev–Trinajstić information content (AvgIpc) is 2.60. The lowest BCUT2D eigenvalue weighted by atomic mass is 10.1. The standard InChI is InChI=1S/C16H17F3N4O/c17-16(18,19)13-4-2-1-3-12(13)11-24-15-21-6-5-14(22-15)23-9-7-20-8-10-23/h1-6,20H,7-11H2. The lowest BCUT2D eigenvalue weighted by Gasteiger charge is -2.28. The van der Waals surface area contributed by atoms with Crippen LogP contribution < -0.4 is 15.0 Å².